The fraction of sp³-hybridized carbons (Fsp3) is 0.0769. The van der Waals surface area contributed by atoms with Crippen LogP contribution in [0.25, 0.3) is 0 Å². The molecule has 21 heavy (non-hydrogen) atoms. The molecule has 0 saturated heterocycles. The minimum Gasteiger partial charge on any atom is -0.487 e. The number of anilines is 1. The van der Waals surface area contributed by atoms with Gasteiger partial charge >= 0.3 is 0 Å². The Morgan fingerprint density at radius 3 is 2.76 bits per heavy atom. The van der Waals surface area contributed by atoms with Crippen molar-refractivity contribution in [2.45, 2.75) is 6.61 Å². The zero-order chi connectivity index (χ0) is 15.4. The Morgan fingerprint density at radius 2 is 2.14 bits per heavy atom. The van der Waals surface area contributed by atoms with Crippen molar-refractivity contribution in [1.29, 1.82) is 0 Å². The number of nitrogens with zero attached hydrogens (tertiary/aromatic N) is 1. The minimum absolute atomic E-state index is 0.00738. The number of nitro benzene ring substituents is 1. The molecule has 0 aliphatic rings. The number of hydrogen-bond acceptors (Lipinski definition) is 5. The van der Waals surface area contributed by atoms with Crippen molar-refractivity contribution < 1.29 is 14.1 Å². The lowest BCUT2D eigenvalue weighted by molar-refractivity contribution is -0.384. The van der Waals surface area contributed by atoms with Crippen molar-refractivity contribution in [2.75, 3.05) is 5.43 Å². The number of rotatable bonds is 5. The Balaban J connectivity index is 2.24. The SMILES string of the molecule is NNc1c(COc2ccc(F)cc2Cl)cccc1[N+](=O)[O-]. The molecule has 0 unspecified atom stereocenters. The highest BCUT2D eigenvalue weighted by atomic mass is 35.5. The van der Waals surface area contributed by atoms with E-state index in [-0.39, 0.29) is 28.8 Å². The van der Waals surface area contributed by atoms with Gasteiger partial charge in [0, 0.05) is 11.6 Å². The Morgan fingerprint density at radius 1 is 1.38 bits per heavy atom. The van der Waals surface area contributed by atoms with Crippen LogP contribution in [-0.2, 0) is 6.61 Å². The van der Waals surface area contributed by atoms with E-state index in [1.165, 1.54) is 24.3 Å². The molecule has 0 fully saturated rings. The van der Waals surface area contributed by atoms with Crippen molar-refractivity contribution in [3.05, 3.63) is 62.9 Å². The van der Waals surface area contributed by atoms with Crippen molar-refractivity contribution in [2.24, 2.45) is 5.84 Å². The molecule has 2 aromatic carbocycles. The van der Waals surface area contributed by atoms with E-state index in [2.05, 4.69) is 5.43 Å². The molecule has 2 aromatic rings. The summed E-state index contributed by atoms with van der Waals surface area (Å²) in [7, 11) is 0. The summed E-state index contributed by atoms with van der Waals surface area (Å²) in [6.07, 6.45) is 0. The number of nitro groups is 1. The highest BCUT2D eigenvalue weighted by Crippen LogP contribution is 2.30. The first-order valence-corrected chi connectivity index (χ1v) is 6.21. The van der Waals surface area contributed by atoms with Gasteiger partial charge in [-0.2, -0.15) is 0 Å². The molecule has 0 atom stereocenters. The molecule has 6 nitrogen and oxygen atoms in total. The molecule has 0 aliphatic heterocycles. The maximum absolute atomic E-state index is 12.9. The second-order valence-corrected chi connectivity index (χ2v) is 4.48. The molecular weight excluding hydrogens is 301 g/mol. The number of benzene rings is 2. The number of ether oxygens (including phenoxy) is 1. The molecule has 0 heterocycles. The summed E-state index contributed by atoms with van der Waals surface area (Å²) >= 11 is 5.84. The third-order valence-electron chi connectivity index (χ3n) is 2.75. The van der Waals surface area contributed by atoms with Crippen LogP contribution in [0.1, 0.15) is 5.56 Å². The van der Waals surface area contributed by atoms with Crippen LogP contribution in [0, 0.1) is 15.9 Å². The van der Waals surface area contributed by atoms with Gasteiger partial charge in [0.05, 0.1) is 9.95 Å². The highest BCUT2D eigenvalue weighted by molar-refractivity contribution is 6.32. The summed E-state index contributed by atoms with van der Waals surface area (Å²) in [6, 6.07) is 8.17. The van der Waals surface area contributed by atoms with Crippen molar-refractivity contribution >= 4 is 23.0 Å². The van der Waals surface area contributed by atoms with Crippen molar-refractivity contribution in [3.63, 3.8) is 0 Å². The quantitative estimate of drug-likeness (QED) is 0.502. The van der Waals surface area contributed by atoms with E-state index in [0.717, 1.165) is 6.07 Å². The number of hydrazine groups is 1. The summed E-state index contributed by atoms with van der Waals surface area (Å²) in [6.45, 7) is -0.00738. The smallest absolute Gasteiger partial charge is 0.294 e. The first-order valence-electron chi connectivity index (χ1n) is 5.83. The molecule has 8 heteroatoms. The van der Waals surface area contributed by atoms with Gasteiger partial charge in [0.1, 0.15) is 23.9 Å². The first kappa shape index (κ1) is 15.0. The van der Waals surface area contributed by atoms with Gasteiger partial charge in [0.25, 0.3) is 5.69 Å². The molecule has 0 aliphatic carbocycles. The van der Waals surface area contributed by atoms with Crippen LogP contribution >= 0.6 is 11.6 Å². The molecule has 3 N–H and O–H groups in total. The molecular formula is C13H11ClFN3O3. The number of nitrogen functional groups attached to an aromatic ring is 1. The van der Waals surface area contributed by atoms with Crippen molar-refractivity contribution in [1.82, 2.24) is 0 Å². The van der Waals surface area contributed by atoms with Crippen LogP contribution in [0.3, 0.4) is 0 Å². The van der Waals surface area contributed by atoms with Crippen LogP contribution in [0.2, 0.25) is 5.02 Å². The Bertz CT molecular complexity index is 682. The van der Waals surface area contributed by atoms with E-state index in [0.29, 0.717) is 5.56 Å². The standard InChI is InChI=1S/C13H11ClFN3O3/c14-10-6-9(15)4-5-12(10)21-7-8-2-1-3-11(18(19)20)13(8)17-16/h1-6,17H,7,16H2. The molecule has 0 spiro atoms. The largest absolute Gasteiger partial charge is 0.487 e. The van der Waals surface area contributed by atoms with Gasteiger partial charge in [-0.1, -0.05) is 23.7 Å². The van der Waals surface area contributed by atoms with E-state index < -0.39 is 10.7 Å². The fourth-order valence-electron chi connectivity index (χ4n) is 1.77. The first-order chi connectivity index (χ1) is 10.0. The molecule has 110 valence electrons. The van der Waals surface area contributed by atoms with E-state index in [4.69, 9.17) is 22.2 Å². The molecule has 0 radical (unpaired) electrons. The molecule has 0 saturated carbocycles. The maximum Gasteiger partial charge on any atom is 0.294 e. The lowest BCUT2D eigenvalue weighted by Gasteiger charge is -2.11. The van der Waals surface area contributed by atoms with Gasteiger partial charge in [0.2, 0.25) is 0 Å². The zero-order valence-corrected chi connectivity index (χ0v) is 11.4. The van der Waals surface area contributed by atoms with Crippen LogP contribution < -0.4 is 16.0 Å². The van der Waals surface area contributed by atoms with E-state index >= 15 is 0 Å². The number of hydrogen-bond donors (Lipinski definition) is 2. The monoisotopic (exact) mass is 311 g/mol. The minimum atomic E-state index is -0.552. The third kappa shape index (κ3) is 3.39. The van der Waals surface area contributed by atoms with Gasteiger partial charge in [-0.15, -0.1) is 0 Å². The summed E-state index contributed by atoms with van der Waals surface area (Å²) in [4.78, 5) is 10.4. The average Bonchev–Trinajstić information content (AvgIpc) is 2.45. The Kier molecular flexibility index (Phi) is 4.56. The second kappa shape index (κ2) is 6.38. The number of para-hydroxylation sites is 1. The van der Waals surface area contributed by atoms with E-state index in [1.807, 2.05) is 0 Å². The Labute approximate surface area is 124 Å². The van der Waals surface area contributed by atoms with Gasteiger partial charge in [-0.3, -0.25) is 16.0 Å². The highest BCUT2D eigenvalue weighted by Gasteiger charge is 2.17. The normalized spacial score (nSPS) is 10.2. The van der Waals surface area contributed by atoms with Gasteiger partial charge in [0.15, 0.2) is 0 Å². The predicted molar refractivity (Wildman–Crippen MR) is 76.6 cm³/mol. The maximum atomic E-state index is 12.9. The molecule has 2 rings (SSSR count). The molecule has 0 bridgehead atoms. The average molecular weight is 312 g/mol. The number of nitrogens with two attached hydrogens (primary N) is 1. The van der Waals surface area contributed by atoms with Crippen molar-refractivity contribution in [3.8, 4) is 5.75 Å². The summed E-state index contributed by atoms with van der Waals surface area (Å²) in [5, 5.41) is 11.0. The van der Waals surface area contributed by atoms with Gasteiger partial charge in [-0.25, -0.2) is 4.39 Å². The van der Waals surface area contributed by atoms with Crippen LogP contribution in [0.5, 0.6) is 5.75 Å². The van der Waals surface area contributed by atoms with E-state index in [9.17, 15) is 14.5 Å². The molecule has 0 amide bonds. The summed E-state index contributed by atoms with van der Waals surface area (Å²) < 4.78 is 18.4. The summed E-state index contributed by atoms with van der Waals surface area (Å²) in [5.41, 5.74) is 2.76. The lowest BCUT2D eigenvalue weighted by atomic mass is 10.1. The van der Waals surface area contributed by atoms with Gasteiger partial charge < -0.3 is 10.2 Å². The predicted octanol–water partition coefficient (Wildman–Crippen LogP) is 3.25. The number of nitrogens with one attached hydrogen (secondary N) is 1. The number of halogens is 2. The van der Waals surface area contributed by atoms with Crippen LogP contribution in [-0.4, -0.2) is 4.92 Å². The summed E-state index contributed by atoms with van der Waals surface area (Å²) in [5.74, 6) is 5.11. The second-order valence-electron chi connectivity index (χ2n) is 4.08. The van der Waals surface area contributed by atoms with Crippen LogP contribution in [0.15, 0.2) is 36.4 Å². The molecule has 0 aromatic heterocycles. The zero-order valence-electron chi connectivity index (χ0n) is 10.7. The van der Waals surface area contributed by atoms with E-state index in [1.54, 1.807) is 6.07 Å². The topological polar surface area (TPSA) is 90.4 Å². The lowest BCUT2D eigenvalue weighted by Crippen LogP contribution is -2.12. The Hall–Kier alpha value is -2.38. The van der Waals surface area contributed by atoms with Crippen LogP contribution in [0.4, 0.5) is 15.8 Å². The van der Waals surface area contributed by atoms with Gasteiger partial charge in [-0.05, 0) is 18.2 Å². The third-order valence-corrected chi connectivity index (χ3v) is 3.04. The fourth-order valence-corrected chi connectivity index (χ4v) is 2.00.